The second-order valence-electron chi connectivity index (χ2n) is 10.5. The van der Waals surface area contributed by atoms with Crippen molar-refractivity contribution in [3.05, 3.63) is 65.5 Å². The SMILES string of the molecule is CC(C)(C)OC(=O)N1CC[C@H](NCc2cc(-n3nnnc3C(F)(F)F)ccc2OC(F)(F)F)[C@H](c2ccccc2)C1. The van der Waals surface area contributed by atoms with E-state index in [2.05, 4.69) is 25.6 Å². The number of rotatable bonds is 6. The van der Waals surface area contributed by atoms with Crippen LogP contribution in [-0.4, -0.2) is 62.3 Å². The monoisotopic (exact) mass is 586 g/mol. The van der Waals surface area contributed by atoms with Crippen LogP contribution in [0.25, 0.3) is 5.69 Å². The van der Waals surface area contributed by atoms with Crippen LogP contribution in [0.5, 0.6) is 5.75 Å². The molecule has 2 heterocycles. The standard InChI is InChI=1S/C26H28F6N6O3/c1-24(2,3)41-23(39)37-12-11-20(19(15-37)16-7-5-4-6-8-16)33-14-17-13-18(9-10-21(17)40-26(30,31)32)38-22(25(27,28)29)34-35-36-38/h4-10,13,19-20,33H,11-12,14-15H2,1-3H3/t19-,20-/m0/s1. The van der Waals surface area contributed by atoms with Gasteiger partial charge in [0.05, 0.1) is 5.69 Å². The number of alkyl halides is 6. The minimum atomic E-state index is -5.03. The van der Waals surface area contributed by atoms with Gasteiger partial charge in [0.15, 0.2) is 0 Å². The summed E-state index contributed by atoms with van der Waals surface area (Å²) in [6, 6.07) is 12.0. The molecule has 0 spiro atoms. The molecule has 0 bridgehead atoms. The minimum Gasteiger partial charge on any atom is -0.444 e. The first-order valence-electron chi connectivity index (χ1n) is 12.6. The third-order valence-corrected chi connectivity index (χ3v) is 6.28. The molecule has 41 heavy (non-hydrogen) atoms. The lowest BCUT2D eigenvalue weighted by molar-refractivity contribution is -0.274. The number of carbonyl (C=O) groups is 1. The third kappa shape index (κ3) is 7.86. The zero-order valence-electron chi connectivity index (χ0n) is 22.3. The van der Waals surface area contributed by atoms with E-state index in [1.165, 1.54) is 0 Å². The highest BCUT2D eigenvalue weighted by atomic mass is 19.4. The summed E-state index contributed by atoms with van der Waals surface area (Å²) in [5.74, 6) is -2.28. The number of nitrogens with one attached hydrogen (secondary N) is 1. The summed E-state index contributed by atoms with van der Waals surface area (Å²) in [5.41, 5.74) is -0.0694. The Bertz CT molecular complexity index is 1340. The maximum absolute atomic E-state index is 13.4. The Hall–Kier alpha value is -3.88. The molecule has 1 amide bonds. The number of ether oxygens (including phenoxy) is 2. The third-order valence-electron chi connectivity index (χ3n) is 6.28. The van der Waals surface area contributed by atoms with Crippen molar-refractivity contribution in [2.75, 3.05) is 13.1 Å². The number of amides is 1. The molecule has 15 heteroatoms. The van der Waals surface area contributed by atoms with Crippen LogP contribution in [0.15, 0.2) is 48.5 Å². The smallest absolute Gasteiger partial charge is 0.444 e. The second-order valence-corrected chi connectivity index (χ2v) is 10.5. The number of tetrazole rings is 1. The highest BCUT2D eigenvalue weighted by molar-refractivity contribution is 5.68. The van der Waals surface area contributed by atoms with Gasteiger partial charge in [0, 0.05) is 37.2 Å². The molecule has 0 unspecified atom stereocenters. The molecule has 0 aliphatic carbocycles. The number of piperidine rings is 1. The van der Waals surface area contributed by atoms with E-state index in [4.69, 9.17) is 4.74 Å². The Kier molecular flexibility index (Phi) is 8.47. The first-order valence-corrected chi connectivity index (χ1v) is 12.6. The lowest BCUT2D eigenvalue weighted by Crippen LogP contribution is -2.50. The zero-order chi connectivity index (χ0) is 30.0. The average Bonchev–Trinajstić information content (AvgIpc) is 3.38. The molecule has 222 valence electrons. The van der Waals surface area contributed by atoms with Gasteiger partial charge in [-0.2, -0.15) is 17.9 Å². The van der Waals surface area contributed by atoms with Gasteiger partial charge in [-0.15, -0.1) is 18.3 Å². The number of halogens is 6. The Morgan fingerprint density at radius 3 is 2.39 bits per heavy atom. The van der Waals surface area contributed by atoms with Crippen LogP contribution in [0.4, 0.5) is 31.1 Å². The van der Waals surface area contributed by atoms with Crippen LogP contribution in [0, 0.1) is 0 Å². The van der Waals surface area contributed by atoms with E-state index in [-0.39, 0.29) is 36.3 Å². The van der Waals surface area contributed by atoms with Crippen molar-refractivity contribution < 1.29 is 40.6 Å². The van der Waals surface area contributed by atoms with Crippen molar-refractivity contribution in [2.24, 2.45) is 0 Å². The van der Waals surface area contributed by atoms with Gasteiger partial charge in [-0.25, -0.2) is 4.79 Å². The predicted molar refractivity (Wildman–Crippen MR) is 133 cm³/mol. The van der Waals surface area contributed by atoms with Gasteiger partial charge in [-0.1, -0.05) is 30.3 Å². The molecule has 1 aliphatic heterocycles. The van der Waals surface area contributed by atoms with E-state index >= 15 is 0 Å². The molecule has 2 aromatic carbocycles. The van der Waals surface area contributed by atoms with Crippen LogP contribution in [0.2, 0.25) is 0 Å². The van der Waals surface area contributed by atoms with Crippen molar-refractivity contribution in [1.82, 2.24) is 30.4 Å². The summed E-state index contributed by atoms with van der Waals surface area (Å²) in [4.78, 5) is 14.3. The quantitative estimate of drug-likeness (QED) is 0.384. The van der Waals surface area contributed by atoms with Crippen molar-refractivity contribution in [1.29, 1.82) is 0 Å². The number of aromatic nitrogens is 4. The molecule has 9 nitrogen and oxygen atoms in total. The Morgan fingerprint density at radius 1 is 1.05 bits per heavy atom. The van der Waals surface area contributed by atoms with Gasteiger partial charge in [-0.05, 0) is 61.4 Å². The molecule has 3 aromatic rings. The Morgan fingerprint density at radius 2 is 1.76 bits per heavy atom. The molecule has 4 rings (SSSR count). The van der Waals surface area contributed by atoms with Crippen molar-refractivity contribution in [3.63, 3.8) is 0 Å². The second kappa shape index (κ2) is 11.5. The molecule has 1 aliphatic rings. The van der Waals surface area contributed by atoms with E-state index in [1.54, 1.807) is 25.7 Å². The maximum Gasteiger partial charge on any atom is 0.573 e. The van der Waals surface area contributed by atoms with E-state index < -0.39 is 35.8 Å². The van der Waals surface area contributed by atoms with Crippen LogP contribution in [0.3, 0.4) is 0 Å². The van der Waals surface area contributed by atoms with Crippen molar-refractivity contribution in [3.8, 4) is 11.4 Å². The predicted octanol–water partition coefficient (Wildman–Crippen LogP) is 5.46. The highest BCUT2D eigenvalue weighted by Crippen LogP contribution is 2.33. The van der Waals surface area contributed by atoms with Crippen molar-refractivity contribution in [2.45, 2.75) is 63.8 Å². The minimum absolute atomic E-state index is 0.0650. The first-order chi connectivity index (χ1) is 19.1. The molecule has 1 fully saturated rings. The van der Waals surface area contributed by atoms with E-state index in [0.29, 0.717) is 17.6 Å². The molecule has 1 aromatic heterocycles. The van der Waals surface area contributed by atoms with Gasteiger partial charge >= 0.3 is 18.6 Å². The fourth-order valence-corrected chi connectivity index (χ4v) is 4.57. The van der Waals surface area contributed by atoms with Gasteiger partial charge < -0.3 is 19.7 Å². The van der Waals surface area contributed by atoms with Crippen LogP contribution >= 0.6 is 0 Å². The average molecular weight is 587 g/mol. The Balaban J connectivity index is 1.61. The highest BCUT2D eigenvalue weighted by Gasteiger charge is 2.39. The summed E-state index contributed by atoms with van der Waals surface area (Å²) in [6.07, 6.45) is -9.98. The normalized spacial score (nSPS) is 18.3. The fourth-order valence-electron chi connectivity index (χ4n) is 4.57. The van der Waals surface area contributed by atoms with Crippen LogP contribution in [0.1, 0.15) is 50.1 Å². The summed E-state index contributed by atoms with van der Waals surface area (Å²) in [6.45, 7) is 5.69. The summed E-state index contributed by atoms with van der Waals surface area (Å²) in [7, 11) is 0. The maximum atomic E-state index is 13.4. The lowest BCUT2D eigenvalue weighted by Gasteiger charge is -2.40. The number of nitrogens with zero attached hydrogens (tertiary/aromatic N) is 5. The van der Waals surface area contributed by atoms with Gasteiger partial charge in [0.25, 0.3) is 5.82 Å². The molecule has 0 radical (unpaired) electrons. The number of hydrogen-bond acceptors (Lipinski definition) is 7. The molecular formula is C26H28F6N6O3. The Labute approximate surface area is 231 Å². The topological polar surface area (TPSA) is 94.4 Å². The van der Waals surface area contributed by atoms with Crippen molar-refractivity contribution >= 4 is 6.09 Å². The zero-order valence-corrected chi connectivity index (χ0v) is 22.3. The van der Waals surface area contributed by atoms with Gasteiger partial charge in [-0.3, -0.25) is 0 Å². The number of benzene rings is 2. The van der Waals surface area contributed by atoms with Crippen LogP contribution < -0.4 is 10.1 Å². The fraction of sp³-hybridized carbons (Fsp3) is 0.462. The molecular weight excluding hydrogens is 558 g/mol. The van der Waals surface area contributed by atoms with E-state index in [9.17, 15) is 31.1 Å². The summed E-state index contributed by atoms with van der Waals surface area (Å²) in [5, 5.41) is 12.6. The first kappa shape index (κ1) is 30.1. The van der Waals surface area contributed by atoms with E-state index in [1.807, 2.05) is 30.3 Å². The van der Waals surface area contributed by atoms with E-state index in [0.717, 1.165) is 23.8 Å². The largest absolute Gasteiger partial charge is 0.573 e. The number of likely N-dealkylation sites (tertiary alicyclic amines) is 1. The molecule has 1 N–H and O–H groups in total. The van der Waals surface area contributed by atoms with Gasteiger partial charge in [0.1, 0.15) is 11.4 Å². The molecule has 0 saturated carbocycles. The lowest BCUT2D eigenvalue weighted by atomic mass is 9.86. The molecule has 2 atom stereocenters. The summed E-state index contributed by atoms with van der Waals surface area (Å²) < 4.78 is 89.6. The van der Waals surface area contributed by atoms with Crippen LogP contribution in [-0.2, 0) is 17.5 Å². The molecule has 1 saturated heterocycles. The summed E-state index contributed by atoms with van der Waals surface area (Å²) >= 11 is 0. The number of hydrogen-bond donors (Lipinski definition) is 1. The number of carbonyl (C=O) groups excluding carboxylic acids is 1. The van der Waals surface area contributed by atoms with Gasteiger partial charge in [0.2, 0.25) is 0 Å².